The molecule has 1 heterocycles. The number of carbonyl (C=O) groups excluding carboxylic acids is 1. The van der Waals surface area contributed by atoms with Crippen molar-refractivity contribution in [3.8, 4) is 0 Å². The number of nitrogens with zero attached hydrogens (tertiary/aromatic N) is 2. The molecular weight excluding hydrogens is 304 g/mol. The van der Waals surface area contributed by atoms with Crippen LogP contribution in [0.2, 0.25) is 0 Å². The molecule has 1 aromatic rings. The summed E-state index contributed by atoms with van der Waals surface area (Å²) in [6.45, 7) is 7.76. The molecule has 0 N–H and O–H groups in total. The van der Waals surface area contributed by atoms with Crippen molar-refractivity contribution in [3.63, 3.8) is 0 Å². The summed E-state index contributed by atoms with van der Waals surface area (Å²) in [6, 6.07) is 10.7. The summed E-state index contributed by atoms with van der Waals surface area (Å²) in [5, 5.41) is 0. The maximum atomic E-state index is 12.5. The van der Waals surface area contributed by atoms with Gasteiger partial charge in [-0.05, 0) is 39.8 Å². The van der Waals surface area contributed by atoms with Crippen molar-refractivity contribution in [3.05, 3.63) is 35.9 Å². The van der Waals surface area contributed by atoms with Gasteiger partial charge >= 0.3 is 6.09 Å². The zero-order valence-corrected chi connectivity index (χ0v) is 15.5. The Morgan fingerprint density at radius 1 is 1.29 bits per heavy atom. The molecule has 0 radical (unpaired) electrons. The highest BCUT2D eigenvalue weighted by Gasteiger charge is 2.40. The standard InChI is InChI=1S/C19H30N2O3/c1-19(2,3)24-18(22)21-12-11-16(17(21)14-23-5)20(4)13-15-9-7-6-8-10-15/h6-10,16-17H,11-14H2,1-5H3/t16-,17-/m1/s1. The maximum absolute atomic E-state index is 12.5. The minimum Gasteiger partial charge on any atom is -0.444 e. The Labute approximate surface area is 145 Å². The molecule has 2 rings (SSSR count). The SMILES string of the molecule is COC[C@@H]1[C@H](N(C)Cc2ccccc2)CCN1C(=O)OC(C)(C)C. The molecule has 0 unspecified atom stereocenters. The van der Waals surface area contributed by atoms with Gasteiger partial charge in [0.05, 0.1) is 12.6 Å². The van der Waals surface area contributed by atoms with E-state index in [0.29, 0.717) is 13.2 Å². The van der Waals surface area contributed by atoms with Crippen molar-refractivity contribution in [2.45, 2.75) is 51.4 Å². The minimum absolute atomic E-state index is 0.0126. The quantitative estimate of drug-likeness (QED) is 0.829. The first-order chi connectivity index (χ1) is 11.3. The molecular formula is C19H30N2O3. The molecule has 24 heavy (non-hydrogen) atoms. The van der Waals surface area contributed by atoms with Gasteiger partial charge in [0, 0.05) is 26.2 Å². The number of likely N-dealkylation sites (N-methyl/N-ethyl adjacent to an activating group) is 1. The Kier molecular flexibility index (Phi) is 6.24. The van der Waals surface area contributed by atoms with E-state index in [-0.39, 0.29) is 18.2 Å². The van der Waals surface area contributed by atoms with Crippen LogP contribution in [0.15, 0.2) is 30.3 Å². The van der Waals surface area contributed by atoms with Crippen LogP contribution in [0.1, 0.15) is 32.8 Å². The summed E-state index contributed by atoms with van der Waals surface area (Å²) in [7, 11) is 3.79. The first-order valence-electron chi connectivity index (χ1n) is 8.54. The van der Waals surface area contributed by atoms with Crippen LogP contribution in [0.4, 0.5) is 4.79 Å². The van der Waals surface area contributed by atoms with Crippen molar-refractivity contribution in [1.29, 1.82) is 0 Å². The van der Waals surface area contributed by atoms with E-state index in [2.05, 4.69) is 36.2 Å². The predicted octanol–water partition coefficient (Wildman–Crippen LogP) is 3.14. The van der Waals surface area contributed by atoms with E-state index >= 15 is 0 Å². The molecule has 0 bridgehead atoms. The molecule has 5 heteroatoms. The molecule has 2 atom stereocenters. The molecule has 1 fully saturated rings. The number of rotatable bonds is 5. The third kappa shape index (κ3) is 4.95. The summed E-state index contributed by atoms with van der Waals surface area (Å²) in [5.74, 6) is 0. The molecule has 0 spiro atoms. The average molecular weight is 334 g/mol. The Hall–Kier alpha value is -1.59. The third-order valence-electron chi connectivity index (χ3n) is 4.32. The molecule has 1 saturated heterocycles. The van der Waals surface area contributed by atoms with Crippen LogP contribution in [0.3, 0.4) is 0 Å². The smallest absolute Gasteiger partial charge is 0.410 e. The molecule has 0 saturated carbocycles. The molecule has 1 aliphatic rings. The number of benzene rings is 1. The van der Waals surface area contributed by atoms with Crippen LogP contribution in [-0.4, -0.2) is 60.9 Å². The van der Waals surface area contributed by atoms with Crippen LogP contribution in [0.25, 0.3) is 0 Å². The van der Waals surface area contributed by atoms with Gasteiger partial charge in [0.2, 0.25) is 0 Å². The summed E-state index contributed by atoms with van der Waals surface area (Å²) in [5.41, 5.74) is 0.787. The molecule has 1 amide bonds. The second-order valence-corrected chi connectivity index (χ2v) is 7.45. The topological polar surface area (TPSA) is 42.0 Å². The van der Waals surface area contributed by atoms with Crippen molar-refractivity contribution in [1.82, 2.24) is 9.80 Å². The van der Waals surface area contributed by atoms with E-state index in [4.69, 9.17) is 9.47 Å². The first-order valence-corrected chi connectivity index (χ1v) is 8.54. The second-order valence-electron chi connectivity index (χ2n) is 7.45. The zero-order valence-electron chi connectivity index (χ0n) is 15.5. The summed E-state index contributed by atoms with van der Waals surface area (Å²) in [6.07, 6.45) is 0.677. The van der Waals surface area contributed by atoms with E-state index in [1.165, 1.54) is 5.56 Å². The molecule has 1 aliphatic heterocycles. The van der Waals surface area contributed by atoms with Gasteiger partial charge in [-0.15, -0.1) is 0 Å². The van der Waals surface area contributed by atoms with E-state index < -0.39 is 5.60 Å². The fourth-order valence-corrected chi connectivity index (χ4v) is 3.26. The van der Waals surface area contributed by atoms with E-state index in [0.717, 1.165) is 13.0 Å². The van der Waals surface area contributed by atoms with Gasteiger partial charge in [-0.2, -0.15) is 0 Å². The van der Waals surface area contributed by atoms with Crippen molar-refractivity contribution in [2.24, 2.45) is 0 Å². The highest BCUT2D eigenvalue weighted by atomic mass is 16.6. The van der Waals surface area contributed by atoms with Gasteiger partial charge in [-0.25, -0.2) is 4.79 Å². The Balaban J connectivity index is 2.06. The minimum atomic E-state index is -0.483. The Bertz CT molecular complexity index is 527. The molecule has 0 aliphatic carbocycles. The number of likely N-dealkylation sites (tertiary alicyclic amines) is 1. The average Bonchev–Trinajstić information content (AvgIpc) is 2.91. The van der Waals surface area contributed by atoms with Gasteiger partial charge in [-0.1, -0.05) is 30.3 Å². The lowest BCUT2D eigenvalue weighted by molar-refractivity contribution is 0.00792. The van der Waals surface area contributed by atoms with Gasteiger partial charge in [0.25, 0.3) is 0 Å². The number of carbonyl (C=O) groups is 1. The fraction of sp³-hybridized carbons (Fsp3) is 0.632. The number of methoxy groups -OCH3 is 1. The summed E-state index contributed by atoms with van der Waals surface area (Å²) < 4.78 is 10.9. The van der Waals surface area contributed by atoms with Gasteiger partial charge in [-0.3, -0.25) is 4.90 Å². The van der Waals surface area contributed by atoms with Crippen LogP contribution in [0, 0.1) is 0 Å². The summed E-state index contributed by atoms with van der Waals surface area (Å²) in [4.78, 5) is 16.6. The van der Waals surface area contributed by atoms with Crippen LogP contribution in [0.5, 0.6) is 0 Å². The number of amides is 1. The van der Waals surface area contributed by atoms with E-state index in [1.54, 1.807) is 7.11 Å². The molecule has 5 nitrogen and oxygen atoms in total. The molecule has 1 aromatic carbocycles. The lowest BCUT2D eigenvalue weighted by Crippen LogP contribution is -2.49. The fourth-order valence-electron chi connectivity index (χ4n) is 3.26. The Morgan fingerprint density at radius 2 is 1.96 bits per heavy atom. The Morgan fingerprint density at radius 3 is 2.54 bits per heavy atom. The predicted molar refractivity (Wildman–Crippen MR) is 94.9 cm³/mol. The molecule has 0 aromatic heterocycles. The summed E-state index contributed by atoms with van der Waals surface area (Å²) >= 11 is 0. The van der Waals surface area contributed by atoms with Crippen LogP contribution >= 0.6 is 0 Å². The van der Waals surface area contributed by atoms with Crippen LogP contribution < -0.4 is 0 Å². The van der Waals surface area contributed by atoms with Gasteiger partial charge < -0.3 is 14.4 Å². The largest absolute Gasteiger partial charge is 0.444 e. The maximum Gasteiger partial charge on any atom is 0.410 e. The zero-order chi connectivity index (χ0) is 17.7. The van der Waals surface area contributed by atoms with Crippen LogP contribution in [-0.2, 0) is 16.0 Å². The van der Waals surface area contributed by atoms with Crippen molar-refractivity contribution in [2.75, 3.05) is 27.3 Å². The monoisotopic (exact) mass is 334 g/mol. The second kappa shape index (κ2) is 7.99. The van der Waals surface area contributed by atoms with Gasteiger partial charge in [0.15, 0.2) is 0 Å². The number of hydrogen-bond acceptors (Lipinski definition) is 4. The number of ether oxygens (including phenoxy) is 2. The number of hydrogen-bond donors (Lipinski definition) is 0. The van der Waals surface area contributed by atoms with Crippen molar-refractivity contribution < 1.29 is 14.3 Å². The van der Waals surface area contributed by atoms with Crippen molar-refractivity contribution >= 4 is 6.09 Å². The first kappa shape index (κ1) is 18.7. The van der Waals surface area contributed by atoms with E-state index in [1.807, 2.05) is 31.7 Å². The normalized spacial score (nSPS) is 21.3. The van der Waals surface area contributed by atoms with E-state index in [9.17, 15) is 4.79 Å². The lowest BCUT2D eigenvalue weighted by atomic mass is 10.1. The third-order valence-corrected chi connectivity index (χ3v) is 4.32. The molecule has 134 valence electrons. The lowest BCUT2D eigenvalue weighted by Gasteiger charge is -2.33. The highest BCUT2D eigenvalue weighted by Crippen LogP contribution is 2.26. The highest BCUT2D eigenvalue weighted by molar-refractivity contribution is 5.69. The van der Waals surface area contributed by atoms with Gasteiger partial charge in [0.1, 0.15) is 5.60 Å².